The molecule has 0 N–H and O–H groups in total. The molecule has 0 amide bonds. The SMILES string of the molecule is CCOC(=O)C1=CN(c2ccc(OCC)cc2)C=C(C(=O)OCC)C1c1ccc(OC(F)(F)F)cc1. The molecule has 7 nitrogen and oxygen atoms in total. The fraction of sp³-hybridized carbons (Fsp3) is 0.308. The maximum atomic E-state index is 13.0. The van der Waals surface area contributed by atoms with Crippen LogP contribution in [0.25, 0.3) is 0 Å². The molecule has 36 heavy (non-hydrogen) atoms. The topological polar surface area (TPSA) is 74.3 Å². The maximum absolute atomic E-state index is 13.0. The molecule has 0 unspecified atom stereocenters. The van der Waals surface area contributed by atoms with Crippen molar-refractivity contribution in [3.05, 3.63) is 77.6 Å². The van der Waals surface area contributed by atoms with Crippen molar-refractivity contribution in [2.24, 2.45) is 0 Å². The second-order valence-electron chi connectivity index (χ2n) is 7.49. The maximum Gasteiger partial charge on any atom is 0.573 e. The van der Waals surface area contributed by atoms with Gasteiger partial charge in [0.1, 0.15) is 11.5 Å². The number of esters is 2. The van der Waals surface area contributed by atoms with Crippen LogP contribution in [0.4, 0.5) is 18.9 Å². The Hall–Kier alpha value is -3.95. The van der Waals surface area contributed by atoms with Crippen molar-refractivity contribution in [3.63, 3.8) is 0 Å². The van der Waals surface area contributed by atoms with E-state index < -0.39 is 30.0 Å². The van der Waals surface area contributed by atoms with Crippen LogP contribution >= 0.6 is 0 Å². The molecule has 10 heteroatoms. The van der Waals surface area contributed by atoms with E-state index in [1.54, 1.807) is 43.0 Å². The summed E-state index contributed by atoms with van der Waals surface area (Å²) in [5.41, 5.74) is 1.24. The molecule has 0 fully saturated rings. The molecular weight excluding hydrogens is 479 g/mol. The molecule has 0 saturated carbocycles. The highest BCUT2D eigenvalue weighted by Gasteiger charge is 2.36. The van der Waals surface area contributed by atoms with E-state index in [1.807, 2.05) is 6.92 Å². The molecule has 0 spiro atoms. The van der Waals surface area contributed by atoms with Gasteiger partial charge < -0.3 is 23.8 Å². The van der Waals surface area contributed by atoms with Crippen LogP contribution in [-0.4, -0.2) is 38.1 Å². The van der Waals surface area contributed by atoms with Crippen molar-refractivity contribution in [2.75, 3.05) is 24.7 Å². The zero-order valence-corrected chi connectivity index (χ0v) is 20.0. The molecule has 192 valence electrons. The Morgan fingerprint density at radius 1 is 0.778 bits per heavy atom. The Morgan fingerprint density at radius 3 is 1.72 bits per heavy atom. The minimum absolute atomic E-state index is 0.0861. The number of halogens is 3. The highest BCUT2D eigenvalue weighted by atomic mass is 19.4. The van der Waals surface area contributed by atoms with Gasteiger partial charge in [-0.3, -0.25) is 0 Å². The summed E-state index contributed by atoms with van der Waals surface area (Å²) in [4.78, 5) is 27.6. The third-order valence-corrected chi connectivity index (χ3v) is 5.09. The fourth-order valence-electron chi connectivity index (χ4n) is 3.67. The molecule has 3 rings (SSSR count). The summed E-state index contributed by atoms with van der Waals surface area (Å²) < 4.78 is 57.7. The van der Waals surface area contributed by atoms with E-state index in [4.69, 9.17) is 14.2 Å². The van der Waals surface area contributed by atoms with Gasteiger partial charge in [-0.05, 0) is 62.7 Å². The van der Waals surface area contributed by atoms with Crippen LogP contribution in [0, 0.1) is 0 Å². The van der Waals surface area contributed by atoms with Crippen LogP contribution in [-0.2, 0) is 19.1 Å². The second-order valence-corrected chi connectivity index (χ2v) is 7.49. The zero-order chi connectivity index (χ0) is 26.3. The number of carbonyl (C=O) groups excluding carboxylic acids is 2. The molecule has 0 saturated heterocycles. The summed E-state index contributed by atoms with van der Waals surface area (Å²) in [5, 5.41) is 0. The number of alkyl halides is 3. The van der Waals surface area contributed by atoms with E-state index >= 15 is 0 Å². The first-order chi connectivity index (χ1) is 17.2. The minimum Gasteiger partial charge on any atom is -0.494 e. The smallest absolute Gasteiger partial charge is 0.494 e. The molecule has 1 heterocycles. The average Bonchev–Trinajstić information content (AvgIpc) is 2.84. The second kappa shape index (κ2) is 11.7. The molecule has 2 aromatic rings. The van der Waals surface area contributed by atoms with Gasteiger partial charge in [-0.1, -0.05) is 12.1 Å². The lowest BCUT2D eigenvalue weighted by Crippen LogP contribution is -2.29. The standard InChI is InChI=1S/C26H26F3NO6/c1-4-33-19-13-9-18(10-14-19)30-15-21(24(31)34-5-2)23(22(16-30)25(32)35-6-3)17-7-11-20(12-8-17)36-26(27,28)29/h7-16,23H,4-6H2,1-3H3. The zero-order valence-electron chi connectivity index (χ0n) is 20.0. The number of hydrogen-bond acceptors (Lipinski definition) is 7. The van der Waals surface area contributed by atoms with Gasteiger partial charge in [0.25, 0.3) is 0 Å². The Kier molecular flexibility index (Phi) is 8.63. The number of ether oxygens (including phenoxy) is 4. The number of carbonyl (C=O) groups is 2. The quantitative estimate of drug-likeness (QED) is 0.418. The van der Waals surface area contributed by atoms with Crippen LogP contribution in [0.2, 0.25) is 0 Å². The summed E-state index contributed by atoms with van der Waals surface area (Å²) in [6.07, 6.45) is -1.79. The van der Waals surface area contributed by atoms with Crippen molar-refractivity contribution >= 4 is 17.6 Å². The lowest BCUT2D eigenvalue weighted by molar-refractivity contribution is -0.274. The number of benzene rings is 2. The first-order valence-electron chi connectivity index (χ1n) is 11.3. The molecule has 0 radical (unpaired) electrons. The number of rotatable bonds is 9. The Balaban J connectivity index is 2.08. The number of anilines is 1. The van der Waals surface area contributed by atoms with Gasteiger partial charge in [0.15, 0.2) is 0 Å². The molecule has 1 aliphatic rings. The Bertz CT molecular complexity index is 1090. The van der Waals surface area contributed by atoms with Gasteiger partial charge in [-0.15, -0.1) is 13.2 Å². The fourth-order valence-corrected chi connectivity index (χ4v) is 3.67. The average molecular weight is 505 g/mol. The van der Waals surface area contributed by atoms with Gasteiger partial charge in [-0.2, -0.15) is 0 Å². The van der Waals surface area contributed by atoms with Gasteiger partial charge in [0.2, 0.25) is 0 Å². The third kappa shape index (κ3) is 6.59. The predicted octanol–water partition coefficient (Wildman–Crippen LogP) is 5.48. The summed E-state index contributed by atoms with van der Waals surface area (Å²) in [6, 6.07) is 12.0. The van der Waals surface area contributed by atoms with Crippen LogP contribution in [0.1, 0.15) is 32.3 Å². The third-order valence-electron chi connectivity index (χ3n) is 5.09. The van der Waals surface area contributed by atoms with Crippen LogP contribution in [0.5, 0.6) is 11.5 Å². The van der Waals surface area contributed by atoms with Crippen molar-refractivity contribution < 1.29 is 41.7 Å². The van der Waals surface area contributed by atoms with Crippen molar-refractivity contribution in [1.29, 1.82) is 0 Å². The minimum atomic E-state index is -4.85. The highest BCUT2D eigenvalue weighted by molar-refractivity contribution is 6.00. The molecule has 2 aromatic carbocycles. The summed E-state index contributed by atoms with van der Waals surface area (Å²) in [7, 11) is 0. The number of nitrogens with zero attached hydrogens (tertiary/aromatic N) is 1. The van der Waals surface area contributed by atoms with Crippen molar-refractivity contribution in [2.45, 2.75) is 33.1 Å². The lowest BCUT2D eigenvalue weighted by Gasteiger charge is -2.30. The van der Waals surface area contributed by atoms with E-state index in [2.05, 4.69) is 4.74 Å². The predicted molar refractivity (Wildman–Crippen MR) is 125 cm³/mol. The highest BCUT2D eigenvalue weighted by Crippen LogP contribution is 2.39. The summed E-state index contributed by atoms with van der Waals surface area (Å²) in [6.45, 7) is 5.82. The monoisotopic (exact) mass is 505 g/mol. The first kappa shape index (κ1) is 26.7. The van der Waals surface area contributed by atoms with Gasteiger partial charge in [0, 0.05) is 18.1 Å². The van der Waals surface area contributed by atoms with Crippen LogP contribution in [0.15, 0.2) is 72.1 Å². The molecular formula is C26H26F3NO6. The molecule has 0 atom stereocenters. The van der Waals surface area contributed by atoms with Crippen LogP contribution < -0.4 is 14.4 Å². The Labute approximate surface area is 206 Å². The molecule has 0 aromatic heterocycles. The Morgan fingerprint density at radius 2 is 1.28 bits per heavy atom. The molecule has 1 aliphatic heterocycles. The molecule has 0 bridgehead atoms. The van der Waals surface area contributed by atoms with Gasteiger partial charge in [0.05, 0.1) is 36.9 Å². The number of hydrogen-bond donors (Lipinski definition) is 0. The normalized spacial score (nSPS) is 14.0. The van der Waals surface area contributed by atoms with E-state index in [9.17, 15) is 22.8 Å². The van der Waals surface area contributed by atoms with Crippen LogP contribution in [0.3, 0.4) is 0 Å². The lowest BCUT2D eigenvalue weighted by atomic mass is 9.83. The van der Waals surface area contributed by atoms with E-state index in [1.165, 1.54) is 24.5 Å². The largest absolute Gasteiger partial charge is 0.573 e. The van der Waals surface area contributed by atoms with E-state index in [0.717, 1.165) is 12.1 Å². The summed E-state index contributed by atoms with van der Waals surface area (Å²) in [5.74, 6) is -2.07. The molecule has 0 aliphatic carbocycles. The van der Waals surface area contributed by atoms with Crippen molar-refractivity contribution in [3.8, 4) is 11.5 Å². The first-order valence-corrected chi connectivity index (χ1v) is 11.3. The van der Waals surface area contributed by atoms with Gasteiger partial charge in [-0.25, -0.2) is 9.59 Å². The van der Waals surface area contributed by atoms with E-state index in [-0.39, 0.29) is 24.4 Å². The summed E-state index contributed by atoms with van der Waals surface area (Å²) >= 11 is 0. The van der Waals surface area contributed by atoms with E-state index in [0.29, 0.717) is 23.6 Å². The van der Waals surface area contributed by atoms with Crippen molar-refractivity contribution in [1.82, 2.24) is 0 Å². The van der Waals surface area contributed by atoms with Gasteiger partial charge >= 0.3 is 18.3 Å².